The molecule has 0 spiro atoms. The average molecular weight is 250 g/mol. The quantitative estimate of drug-likeness (QED) is 0.666. The van der Waals surface area contributed by atoms with Crippen LogP contribution in [-0.4, -0.2) is 14.7 Å². The molecule has 1 aromatic carbocycles. The molecule has 0 bridgehead atoms. The van der Waals surface area contributed by atoms with Gasteiger partial charge in [0.15, 0.2) is 0 Å². The molecule has 18 heavy (non-hydrogen) atoms. The van der Waals surface area contributed by atoms with Gasteiger partial charge in [-0.15, -0.1) is 0 Å². The molecule has 0 aliphatic rings. The molecule has 0 saturated carbocycles. The topological polar surface area (TPSA) is 73.0 Å². The average Bonchev–Trinajstić information content (AvgIpc) is 2.72. The smallest absolute Gasteiger partial charge is 0.292 e. The highest BCUT2D eigenvalue weighted by atomic mass is 19.1. The van der Waals surface area contributed by atoms with E-state index in [4.69, 9.17) is 0 Å². The van der Waals surface area contributed by atoms with Gasteiger partial charge in [-0.3, -0.25) is 14.8 Å². The van der Waals surface area contributed by atoms with Gasteiger partial charge < -0.3 is 5.32 Å². The Kier molecular flexibility index (Phi) is 3.22. The Morgan fingerprint density at radius 1 is 1.56 bits per heavy atom. The van der Waals surface area contributed by atoms with E-state index in [9.17, 15) is 14.5 Å². The molecule has 0 saturated heterocycles. The van der Waals surface area contributed by atoms with Crippen molar-refractivity contribution in [3.8, 4) is 0 Å². The SMILES string of the molecule is Cn1cc(CNc2cc(F)ccc2[N+](=O)[O-])cn1. The van der Waals surface area contributed by atoms with E-state index in [-0.39, 0.29) is 11.4 Å². The van der Waals surface area contributed by atoms with Crippen LogP contribution in [0, 0.1) is 15.9 Å². The molecule has 1 heterocycles. The van der Waals surface area contributed by atoms with Crippen molar-refractivity contribution >= 4 is 11.4 Å². The maximum absolute atomic E-state index is 13.1. The molecule has 0 fully saturated rings. The highest BCUT2D eigenvalue weighted by Gasteiger charge is 2.14. The number of nitro groups is 1. The molecule has 0 unspecified atom stereocenters. The minimum absolute atomic E-state index is 0.153. The Hall–Kier alpha value is -2.44. The number of aromatic nitrogens is 2. The third kappa shape index (κ3) is 2.62. The number of hydrogen-bond donors (Lipinski definition) is 1. The van der Waals surface area contributed by atoms with Gasteiger partial charge in [-0.2, -0.15) is 5.10 Å². The summed E-state index contributed by atoms with van der Waals surface area (Å²) in [5, 5.41) is 17.6. The second-order valence-electron chi connectivity index (χ2n) is 3.79. The zero-order valence-corrected chi connectivity index (χ0v) is 9.63. The number of anilines is 1. The van der Waals surface area contributed by atoms with Gasteiger partial charge in [0.05, 0.1) is 11.1 Å². The van der Waals surface area contributed by atoms with Crippen LogP contribution < -0.4 is 5.32 Å². The van der Waals surface area contributed by atoms with Crippen molar-refractivity contribution in [1.29, 1.82) is 0 Å². The van der Waals surface area contributed by atoms with Crippen LogP contribution in [0.25, 0.3) is 0 Å². The number of benzene rings is 1. The van der Waals surface area contributed by atoms with Crippen LogP contribution in [0.4, 0.5) is 15.8 Å². The fourth-order valence-corrected chi connectivity index (χ4v) is 1.57. The number of halogens is 1. The van der Waals surface area contributed by atoms with E-state index in [2.05, 4.69) is 10.4 Å². The summed E-state index contributed by atoms with van der Waals surface area (Å²) in [5.41, 5.74) is 0.861. The molecule has 0 amide bonds. The highest BCUT2D eigenvalue weighted by molar-refractivity contribution is 5.61. The molecule has 6 nitrogen and oxygen atoms in total. The van der Waals surface area contributed by atoms with Crippen molar-refractivity contribution < 1.29 is 9.31 Å². The number of nitrogens with one attached hydrogen (secondary N) is 1. The third-order valence-corrected chi connectivity index (χ3v) is 2.40. The van der Waals surface area contributed by atoms with E-state index in [1.807, 2.05) is 0 Å². The van der Waals surface area contributed by atoms with Crippen molar-refractivity contribution in [2.45, 2.75) is 6.54 Å². The molecule has 2 rings (SSSR count). The maximum atomic E-state index is 13.1. The minimum Gasteiger partial charge on any atom is -0.375 e. The van der Waals surface area contributed by atoms with Crippen LogP contribution in [0.1, 0.15) is 5.56 Å². The Balaban J connectivity index is 2.17. The van der Waals surface area contributed by atoms with E-state index in [1.165, 1.54) is 0 Å². The summed E-state index contributed by atoms with van der Waals surface area (Å²) in [6.45, 7) is 0.345. The molecule has 1 aromatic heterocycles. The first-order valence-electron chi connectivity index (χ1n) is 5.21. The Bertz CT molecular complexity index is 582. The van der Waals surface area contributed by atoms with Gasteiger partial charge in [0.2, 0.25) is 0 Å². The number of nitrogens with zero attached hydrogens (tertiary/aromatic N) is 3. The van der Waals surface area contributed by atoms with Crippen molar-refractivity contribution in [2.75, 3.05) is 5.32 Å². The summed E-state index contributed by atoms with van der Waals surface area (Å²) in [5.74, 6) is -0.519. The largest absolute Gasteiger partial charge is 0.375 e. The monoisotopic (exact) mass is 250 g/mol. The lowest BCUT2D eigenvalue weighted by molar-refractivity contribution is -0.384. The molecular weight excluding hydrogens is 239 g/mol. The van der Waals surface area contributed by atoms with Crippen molar-refractivity contribution in [3.05, 3.63) is 52.1 Å². The predicted octanol–water partition coefficient (Wildman–Crippen LogP) is 2.08. The second kappa shape index (κ2) is 4.82. The van der Waals surface area contributed by atoms with E-state index < -0.39 is 10.7 Å². The first kappa shape index (κ1) is 12.0. The molecule has 0 aliphatic heterocycles. The van der Waals surface area contributed by atoms with Crippen molar-refractivity contribution in [1.82, 2.24) is 9.78 Å². The minimum atomic E-state index is -0.551. The van der Waals surface area contributed by atoms with Crippen LogP contribution in [0.5, 0.6) is 0 Å². The Morgan fingerprint density at radius 2 is 2.33 bits per heavy atom. The number of rotatable bonds is 4. The molecule has 2 aromatic rings. The lowest BCUT2D eigenvalue weighted by Crippen LogP contribution is -2.02. The Labute approximate surface area is 102 Å². The lowest BCUT2D eigenvalue weighted by Gasteiger charge is -2.05. The van der Waals surface area contributed by atoms with E-state index in [0.29, 0.717) is 6.54 Å². The van der Waals surface area contributed by atoms with Crippen molar-refractivity contribution in [2.24, 2.45) is 7.05 Å². The summed E-state index contributed by atoms with van der Waals surface area (Å²) in [7, 11) is 1.77. The summed E-state index contributed by atoms with van der Waals surface area (Å²) < 4.78 is 14.7. The molecule has 0 radical (unpaired) electrons. The summed E-state index contributed by atoms with van der Waals surface area (Å²) in [6.07, 6.45) is 3.41. The Morgan fingerprint density at radius 3 is 2.94 bits per heavy atom. The fourth-order valence-electron chi connectivity index (χ4n) is 1.57. The highest BCUT2D eigenvalue weighted by Crippen LogP contribution is 2.25. The molecule has 0 atom stereocenters. The third-order valence-electron chi connectivity index (χ3n) is 2.40. The van der Waals surface area contributed by atoms with Gasteiger partial charge in [-0.05, 0) is 6.07 Å². The van der Waals surface area contributed by atoms with Gasteiger partial charge >= 0.3 is 0 Å². The van der Waals surface area contributed by atoms with Gasteiger partial charge in [0.25, 0.3) is 5.69 Å². The first-order valence-corrected chi connectivity index (χ1v) is 5.21. The number of aryl methyl sites for hydroxylation is 1. The van der Waals surface area contributed by atoms with Gasteiger partial charge in [-0.25, -0.2) is 4.39 Å². The fraction of sp³-hybridized carbons (Fsp3) is 0.182. The maximum Gasteiger partial charge on any atom is 0.292 e. The molecule has 1 N–H and O–H groups in total. The van der Waals surface area contributed by atoms with Gasteiger partial charge in [-0.1, -0.05) is 0 Å². The molecule has 94 valence electrons. The van der Waals surface area contributed by atoms with Crippen LogP contribution in [0.2, 0.25) is 0 Å². The zero-order chi connectivity index (χ0) is 13.1. The number of nitro benzene ring substituents is 1. The molecule has 7 heteroatoms. The van der Waals surface area contributed by atoms with Crippen LogP contribution in [0.3, 0.4) is 0 Å². The predicted molar refractivity (Wildman–Crippen MR) is 63.6 cm³/mol. The number of hydrogen-bond acceptors (Lipinski definition) is 4. The van der Waals surface area contributed by atoms with Crippen LogP contribution in [0.15, 0.2) is 30.6 Å². The van der Waals surface area contributed by atoms with Gasteiger partial charge in [0.1, 0.15) is 11.5 Å². The standard InChI is InChI=1S/C11H11FN4O2/c1-15-7-8(6-14-15)5-13-10-4-9(12)2-3-11(10)16(17)18/h2-4,6-7,13H,5H2,1H3. The van der Waals surface area contributed by atoms with Crippen LogP contribution in [-0.2, 0) is 13.6 Å². The normalized spacial score (nSPS) is 10.3. The second-order valence-corrected chi connectivity index (χ2v) is 3.79. The van der Waals surface area contributed by atoms with Crippen LogP contribution >= 0.6 is 0 Å². The van der Waals surface area contributed by atoms with Crippen molar-refractivity contribution in [3.63, 3.8) is 0 Å². The lowest BCUT2D eigenvalue weighted by atomic mass is 10.2. The zero-order valence-electron chi connectivity index (χ0n) is 9.63. The van der Waals surface area contributed by atoms with E-state index >= 15 is 0 Å². The van der Waals surface area contributed by atoms with Gasteiger partial charge in [0, 0.05) is 37.5 Å². The van der Waals surface area contributed by atoms with E-state index in [0.717, 1.165) is 23.8 Å². The molecular formula is C11H11FN4O2. The summed E-state index contributed by atoms with van der Waals surface area (Å²) in [6, 6.07) is 3.31. The first-order chi connectivity index (χ1) is 8.56. The molecule has 0 aliphatic carbocycles. The summed E-state index contributed by atoms with van der Waals surface area (Å²) >= 11 is 0. The van der Waals surface area contributed by atoms with E-state index in [1.54, 1.807) is 24.1 Å². The summed E-state index contributed by atoms with van der Waals surface area (Å²) in [4.78, 5) is 10.2.